The monoisotopic (exact) mass is 340 g/mol. The fourth-order valence-corrected chi connectivity index (χ4v) is 2.71. The molecule has 0 bridgehead atoms. The first-order valence-electron chi connectivity index (χ1n) is 8.14. The van der Waals surface area contributed by atoms with Crippen LogP contribution in [0.1, 0.15) is 32.5 Å². The third-order valence-corrected chi connectivity index (χ3v) is 3.75. The van der Waals surface area contributed by atoms with Gasteiger partial charge in [0, 0.05) is 6.20 Å². The molecule has 4 nitrogen and oxygen atoms in total. The van der Waals surface area contributed by atoms with Gasteiger partial charge in [0.25, 0.3) is 0 Å². The Kier molecular flexibility index (Phi) is 4.49. The number of para-hydroxylation sites is 1. The SMILES string of the molecule is CC(C)(C)OC(=O)N[C@@H](c1ccc(F)cc1)n1ccc2ccccc21. The van der Waals surface area contributed by atoms with Crippen molar-refractivity contribution in [1.82, 2.24) is 9.88 Å². The minimum absolute atomic E-state index is 0.322. The lowest BCUT2D eigenvalue weighted by atomic mass is 10.1. The molecule has 0 spiro atoms. The number of aromatic nitrogens is 1. The van der Waals surface area contributed by atoms with E-state index >= 15 is 0 Å². The number of hydrogen-bond acceptors (Lipinski definition) is 2. The van der Waals surface area contributed by atoms with Gasteiger partial charge >= 0.3 is 6.09 Å². The lowest BCUT2D eigenvalue weighted by molar-refractivity contribution is 0.0496. The first kappa shape index (κ1) is 17.0. The van der Waals surface area contributed by atoms with Crippen molar-refractivity contribution in [3.05, 3.63) is 72.2 Å². The topological polar surface area (TPSA) is 43.3 Å². The molecule has 0 saturated carbocycles. The van der Waals surface area contributed by atoms with Crippen LogP contribution in [0, 0.1) is 5.82 Å². The second-order valence-corrected chi connectivity index (χ2v) is 6.88. The van der Waals surface area contributed by atoms with Crippen LogP contribution in [0.15, 0.2) is 60.8 Å². The molecular weight excluding hydrogens is 319 g/mol. The molecule has 130 valence electrons. The molecule has 0 aliphatic carbocycles. The number of rotatable bonds is 3. The van der Waals surface area contributed by atoms with Gasteiger partial charge in [-0.25, -0.2) is 9.18 Å². The maximum absolute atomic E-state index is 13.3. The van der Waals surface area contributed by atoms with Crippen LogP contribution >= 0.6 is 0 Å². The van der Waals surface area contributed by atoms with Gasteiger partial charge in [0.15, 0.2) is 0 Å². The number of benzene rings is 2. The van der Waals surface area contributed by atoms with E-state index in [0.717, 1.165) is 16.5 Å². The van der Waals surface area contributed by atoms with Crippen molar-refractivity contribution in [3.8, 4) is 0 Å². The largest absolute Gasteiger partial charge is 0.444 e. The summed E-state index contributed by atoms with van der Waals surface area (Å²) in [4.78, 5) is 12.3. The van der Waals surface area contributed by atoms with Crippen molar-refractivity contribution in [2.75, 3.05) is 0 Å². The Balaban J connectivity index is 2.00. The third-order valence-electron chi connectivity index (χ3n) is 3.75. The first-order chi connectivity index (χ1) is 11.8. The molecule has 1 atom stereocenters. The number of fused-ring (bicyclic) bond motifs is 1. The van der Waals surface area contributed by atoms with Crippen LogP contribution in [-0.4, -0.2) is 16.3 Å². The van der Waals surface area contributed by atoms with Crippen molar-refractivity contribution in [2.45, 2.75) is 32.5 Å². The van der Waals surface area contributed by atoms with Gasteiger partial charge in [-0.2, -0.15) is 0 Å². The molecule has 1 amide bonds. The molecule has 5 heteroatoms. The van der Waals surface area contributed by atoms with E-state index in [0.29, 0.717) is 0 Å². The first-order valence-corrected chi connectivity index (χ1v) is 8.14. The summed E-state index contributed by atoms with van der Waals surface area (Å²) in [5.41, 5.74) is 1.12. The molecule has 1 aromatic heterocycles. The van der Waals surface area contributed by atoms with E-state index < -0.39 is 17.9 Å². The van der Waals surface area contributed by atoms with Gasteiger partial charge < -0.3 is 9.30 Å². The van der Waals surface area contributed by atoms with Crippen LogP contribution in [0.25, 0.3) is 10.9 Å². The summed E-state index contributed by atoms with van der Waals surface area (Å²) in [6.07, 6.45) is 0.866. The molecule has 1 N–H and O–H groups in total. The van der Waals surface area contributed by atoms with Gasteiger partial charge in [-0.05, 0) is 56.0 Å². The summed E-state index contributed by atoms with van der Waals surface area (Å²) in [7, 11) is 0. The van der Waals surface area contributed by atoms with E-state index in [2.05, 4.69) is 5.32 Å². The summed E-state index contributed by atoms with van der Waals surface area (Å²) in [5, 5.41) is 3.94. The predicted octanol–water partition coefficient (Wildman–Crippen LogP) is 4.85. The number of carbonyl (C=O) groups excluding carboxylic acids is 1. The Morgan fingerprint density at radius 3 is 2.44 bits per heavy atom. The van der Waals surface area contributed by atoms with Crippen molar-refractivity contribution in [3.63, 3.8) is 0 Å². The van der Waals surface area contributed by atoms with Gasteiger partial charge in [0.05, 0.1) is 5.52 Å². The molecule has 2 aromatic carbocycles. The highest BCUT2D eigenvalue weighted by molar-refractivity contribution is 5.80. The van der Waals surface area contributed by atoms with Crippen LogP contribution in [0.5, 0.6) is 0 Å². The van der Waals surface area contributed by atoms with Gasteiger partial charge in [0.2, 0.25) is 0 Å². The number of ether oxygens (including phenoxy) is 1. The molecular formula is C20H21FN2O2. The second-order valence-electron chi connectivity index (χ2n) is 6.88. The Labute approximate surface area is 146 Å². The molecule has 0 radical (unpaired) electrons. The van der Waals surface area contributed by atoms with Gasteiger partial charge in [-0.3, -0.25) is 5.32 Å². The molecule has 3 aromatic rings. The zero-order valence-corrected chi connectivity index (χ0v) is 14.5. The van der Waals surface area contributed by atoms with E-state index in [1.807, 2.05) is 61.9 Å². The molecule has 0 fully saturated rings. The Hall–Kier alpha value is -2.82. The lowest BCUT2D eigenvalue weighted by Gasteiger charge is -2.25. The van der Waals surface area contributed by atoms with Crippen LogP contribution < -0.4 is 5.32 Å². The smallest absolute Gasteiger partial charge is 0.409 e. The average molecular weight is 340 g/mol. The summed E-state index contributed by atoms with van der Waals surface area (Å²) in [5.74, 6) is -0.322. The van der Waals surface area contributed by atoms with Crippen molar-refractivity contribution < 1.29 is 13.9 Å². The quantitative estimate of drug-likeness (QED) is 0.740. The minimum atomic E-state index is -0.601. The van der Waals surface area contributed by atoms with E-state index in [-0.39, 0.29) is 5.82 Å². The number of amides is 1. The third kappa shape index (κ3) is 3.99. The lowest BCUT2D eigenvalue weighted by Crippen LogP contribution is -2.37. The summed E-state index contributed by atoms with van der Waals surface area (Å²) < 4.78 is 20.6. The Bertz CT molecular complexity index is 879. The summed E-state index contributed by atoms with van der Waals surface area (Å²) in [6, 6.07) is 15.9. The van der Waals surface area contributed by atoms with Crippen molar-refractivity contribution >= 4 is 17.0 Å². The highest BCUT2D eigenvalue weighted by atomic mass is 19.1. The Morgan fingerprint density at radius 1 is 1.08 bits per heavy atom. The summed E-state index contributed by atoms with van der Waals surface area (Å²) >= 11 is 0. The standard InChI is InChI=1S/C20H21FN2O2/c1-20(2,3)25-19(24)22-18(15-8-10-16(21)11-9-15)23-13-12-14-6-4-5-7-17(14)23/h4-13,18H,1-3H3,(H,22,24)/t18-/m1/s1. The van der Waals surface area contributed by atoms with Crippen LogP contribution in [-0.2, 0) is 4.74 Å². The maximum Gasteiger partial charge on any atom is 0.409 e. The van der Waals surface area contributed by atoms with E-state index in [4.69, 9.17) is 4.74 Å². The molecule has 0 unspecified atom stereocenters. The Morgan fingerprint density at radius 2 is 1.76 bits per heavy atom. The molecule has 0 saturated heterocycles. The molecule has 3 rings (SSSR count). The number of hydrogen-bond donors (Lipinski definition) is 1. The van der Waals surface area contributed by atoms with Gasteiger partial charge in [-0.1, -0.05) is 30.3 Å². The van der Waals surface area contributed by atoms with Gasteiger partial charge in [-0.15, -0.1) is 0 Å². The zero-order valence-electron chi connectivity index (χ0n) is 14.5. The normalized spacial score (nSPS) is 12.8. The number of carbonyl (C=O) groups is 1. The number of halogens is 1. The van der Waals surface area contributed by atoms with Crippen molar-refractivity contribution in [1.29, 1.82) is 0 Å². The molecule has 1 heterocycles. The van der Waals surface area contributed by atoms with Crippen LogP contribution in [0.3, 0.4) is 0 Å². The van der Waals surface area contributed by atoms with Crippen molar-refractivity contribution in [2.24, 2.45) is 0 Å². The fraction of sp³-hybridized carbons (Fsp3) is 0.250. The maximum atomic E-state index is 13.3. The molecule has 0 aliphatic rings. The number of nitrogens with zero attached hydrogens (tertiary/aromatic N) is 1. The summed E-state index contributed by atoms with van der Waals surface area (Å²) in [6.45, 7) is 5.43. The second kappa shape index (κ2) is 6.59. The minimum Gasteiger partial charge on any atom is -0.444 e. The predicted molar refractivity (Wildman–Crippen MR) is 95.8 cm³/mol. The van der Waals surface area contributed by atoms with E-state index in [1.165, 1.54) is 12.1 Å². The van der Waals surface area contributed by atoms with E-state index in [9.17, 15) is 9.18 Å². The van der Waals surface area contributed by atoms with Gasteiger partial charge in [0.1, 0.15) is 17.6 Å². The zero-order chi connectivity index (χ0) is 18.0. The van der Waals surface area contributed by atoms with E-state index in [1.54, 1.807) is 12.1 Å². The van der Waals surface area contributed by atoms with Crippen LogP contribution in [0.2, 0.25) is 0 Å². The number of alkyl carbamates (subject to hydrolysis) is 1. The highest BCUT2D eigenvalue weighted by Crippen LogP contribution is 2.24. The number of nitrogens with one attached hydrogen (secondary N) is 1. The highest BCUT2D eigenvalue weighted by Gasteiger charge is 2.22. The fourth-order valence-electron chi connectivity index (χ4n) is 2.71. The van der Waals surface area contributed by atoms with Crippen LogP contribution in [0.4, 0.5) is 9.18 Å². The molecule has 25 heavy (non-hydrogen) atoms. The molecule has 0 aliphatic heterocycles. The average Bonchev–Trinajstić information content (AvgIpc) is 2.96.